The fourth-order valence-corrected chi connectivity index (χ4v) is 10.3. The van der Waals surface area contributed by atoms with Gasteiger partial charge in [0.1, 0.15) is 0 Å². The van der Waals surface area contributed by atoms with Crippen molar-refractivity contribution in [1.82, 2.24) is 19.5 Å². The van der Waals surface area contributed by atoms with Gasteiger partial charge in [-0.15, -0.1) is 11.3 Å². The number of aromatic nitrogens is 4. The van der Waals surface area contributed by atoms with Gasteiger partial charge in [-0.25, -0.2) is 15.0 Å². The van der Waals surface area contributed by atoms with Gasteiger partial charge >= 0.3 is 0 Å². The Balaban J connectivity index is 1.10. The van der Waals surface area contributed by atoms with E-state index in [1.165, 1.54) is 71.3 Å². The van der Waals surface area contributed by atoms with Crippen molar-refractivity contribution in [2.45, 2.75) is 51.4 Å². The second-order valence-electron chi connectivity index (χ2n) is 16.7. The van der Waals surface area contributed by atoms with Crippen LogP contribution in [0.3, 0.4) is 0 Å². The van der Waals surface area contributed by atoms with Crippen LogP contribution in [0.25, 0.3) is 92.6 Å². The highest BCUT2D eigenvalue weighted by Gasteiger charge is 2.38. The summed E-state index contributed by atoms with van der Waals surface area (Å²) in [5.74, 6) is 2.00. The molecule has 1 aliphatic carbocycles. The summed E-state index contributed by atoms with van der Waals surface area (Å²) in [6.07, 6.45) is 2.38. The second-order valence-corrected chi connectivity index (χ2v) is 17.8. The van der Waals surface area contributed by atoms with Gasteiger partial charge < -0.3 is 4.57 Å². The van der Waals surface area contributed by atoms with Crippen LogP contribution < -0.4 is 0 Å². The number of benzene rings is 7. The maximum atomic E-state index is 5.23. The third-order valence-electron chi connectivity index (χ3n) is 12.3. The molecular weight excluding hydrogens is 701 g/mol. The smallest absolute Gasteiger partial charge is 0.165 e. The summed E-state index contributed by atoms with van der Waals surface area (Å²) < 4.78 is 4.91. The molecule has 270 valence electrons. The summed E-state index contributed by atoms with van der Waals surface area (Å²) in [6, 6.07) is 52.6. The van der Waals surface area contributed by atoms with Gasteiger partial charge in [-0.1, -0.05) is 125 Å². The van der Waals surface area contributed by atoms with Gasteiger partial charge in [0, 0.05) is 53.3 Å². The first kappa shape index (κ1) is 33.2. The normalized spacial score (nSPS) is 14.9. The van der Waals surface area contributed by atoms with E-state index in [0.717, 1.165) is 27.8 Å². The van der Waals surface area contributed by atoms with Crippen molar-refractivity contribution in [1.29, 1.82) is 0 Å². The van der Waals surface area contributed by atoms with Gasteiger partial charge in [-0.2, -0.15) is 0 Å². The number of hydrogen-bond acceptors (Lipinski definition) is 4. The Morgan fingerprint density at radius 1 is 0.482 bits per heavy atom. The molecule has 0 fully saturated rings. The SMILES string of the molecule is CC1(C)CCC(C)(C)c2cc3c(cc21)c1ccccc1n3-c1ccc2ccc(-c3nc(-c4ccccc4)nc(-c4cccc5c4sc4ccccc45)n3)cc2c1. The molecule has 0 N–H and O–H groups in total. The lowest BCUT2D eigenvalue weighted by Gasteiger charge is -2.42. The van der Waals surface area contributed by atoms with Gasteiger partial charge in [0.15, 0.2) is 17.5 Å². The zero-order valence-corrected chi connectivity index (χ0v) is 32.8. The summed E-state index contributed by atoms with van der Waals surface area (Å²) in [5, 5.41) is 7.40. The lowest BCUT2D eigenvalue weighted by Crippen LogP contribution is -2.33. The summed E-state index contributed by atoms with van der Waals surface area (Å²) >= 11 is 1.79. The Hall–Kier alpha value is -6.17. The van der Waals surface area contributed by atoms with Crippen LogP contribution in [0.5, 0.6) is 0 Å². The van der Waals surface area contributed by atoms with Crippen LogP contribution in [-0.4, -0.2) is 19.5 Å². The monoisotopic (exact) mass is 740 g/mol. The van der Waals surface area contributed by atoms with E-state index in [1.807, 2.05) is 18.2 Å². The fraction of sp³-hybridized carbons (Fsp3) is 0.157. The molecule has 4 nitrogen and oxygen atoms in total. The lowest BCUT2D eigenvalue weighted by atomic mass is 9.63. The average molecular weight is 741 g/mol. The predicted octanol–water partition coefficient (Wildman–Crippen LogP) is 13.8. The molecule has 0 radical (unpaired) electrons. The van der Waals surface area contributed by atoms with Gasteiger partial charge in [-0.3, -0.25) is 0 Å². The van der Waals surface area contributed by atoms with Crippen molar-refractivity contribution >= 4 is 64.1 Å². The Morgan fingerprint density at radius 3 is 1.96 bits per heavy atom. The molecule has 0 bridgehead atoms. The van der Waals surface area contributed by atoms with Gasteiger partial charge in [0.2, 0.25) is 0 Å². The van der Waals surface area contributed by atoms with Crippen molar-refractivity contribution < 1.29 is 0 Å². The highest BCUT2D eigenvalue weighted by molar-refractivity contribution is 7.26. The topological polar surface area (TPSA) is 43.6 Å². The molecule has 0 saturated carbocycles. The second kappa shape index (κ2) is 12.2. The van der Waals surface area contributed by atoms with Crippen LogP contribution >= 0.6 is 11.3 Å². The largest absolute Gasteiger partial charge is 0.309 e. The molecule has 3 heterocycles. The van der Waals surface area contributed by atoms with Crippen molar-refractivity contribution in [2.75, 3.05) is 0 Å². The van der Waals surface area contributed by atoms with E-state index in [9.17, 15) is 0 Å². The molecule has 5 heteroatoms. The minimum absolute atomic E-state index is 0.114. The molecule has 0 spiro atoms. The van der Waals surface area contributed by atoms with E-state index in [0.29, 0.717) is 17.5 Å². The van der Waals surface area contributed by atoms with Crippen molar-refractivity contribution in [2.24, 2.45) is 0 Å². The van der Waals surface area contributed by atoms with Gasteiger partial charge in [0.05, 0.1) is 11.0 Å². The fourth-order valence-electron chi connectivity index (χ4n) is 9.08. The zero-order valence-electron chi connectivity index (χ0n) is 32.0. The van der Waals surface area contributed by atoms with Crippen LogP contribution in [0.1, 0.15) is 51.7 Å². The zero-order chi connectivity index (χ0) is 37.8. The third kappa shape index (κ3) is 5.14. The summed E-state index contributed by atoms with van der Waals surface area (Å²) in [5.41, 5.74) is 9.78. The summed E-state index contributed by atoms with van der Waals surface area (Å²) in [7, 11) is 0. The maximum Gasteiger partial charge on any atom is 0.165 e. The van der Waals surface area contributed by atoms with Crippen LogP contribution in [0, 0.1) is 0 Å². The molecule has 0 unspecified atom stereocenters. The Bertz CT molecular complexity index is 3200. The Kier molecular flexibility index (Phi) is 7.21. The molecule has 7 aromatic carbocycles. The lowest BCUT2D eigenvalue weighted by molar-refractivity contribution is 0.332. The molecule has 0 aliphatic heterocycles. The number of hydrogen-bond donors (Lipinski definition) is 0. The average Bonchev–Trinajstić information content (AvgIpc) is 3.77. The van der Waals surface area contributed by atoms with Crippen LogP contribution in [0.4, 0.5) is 0 Å². The van der Waals surface area contributed by atoms with Gasteiger partial charge in [-0.05, 0) is 94.1 Å². The quantitative estimate of drug-likeness (QED) is 0.180. The Morgan fingerprint density at radius 2 is 1.14 bits per heavy atom. The first-order valence-corrected chi connectivity index (χ1v) is 20.4. The molecule has 0 saturated heterocycles. The molecule has 0 amide bonds. The van der Waals surface area contributed by atoms with Crippen molar-refractivity contribution in [3.05, 3.63) is 157 Å². The van der Waals surface area contributed by atoms with Crippen LogP contribution in [0.2, 0.25) is 0 Å². The number of thiophene rings is 1. The summed E-state index contributed by atoms with van der Waals surface area (Å²) in [4.78, 5) is 15.5. The number of nitrogens with zero attached hydrogens (tertiary/aromatic N) is 4. The van der Waals surface area contributed by atoms with E-state index in [1.54, 1.807) is 11.3 Å². The number of para-hydroxylation sites is 1. The molecule has 11 rings (SSSR count). The summed E-state index contributed by atoms with van der Waals surface area (Å²) in [6.45, 7) is 9.65. The predicted molar refractivity (Wildman–Crippen MR) is 236 cm³/mol. The molecule has 10 aromatic rings. The van der Waals surface area contributed by atoms with E-state index < -0.39 is 0 Å². The standard InChI is InChI=1S/C51H40N4S/c1-50(2)25-26-51(3,4)42-30-44-40(29-41(42)50)36-15-8-10-19-43(36)55(44)35-24-23-31-21-22-33(27-34(31)28-35)48-52-47(32-13-6-5-7-14-32)53-49(54-48)39-18-12-17-38-37-16-9-11-20-45(37)56-46(38)39/h5-24,27-30H,25-26H2,1-4H3. The van der Waals surface area contributed by atoms with Crippen molar-refractivity contribution in [3.8, 4) is 39.9 Å². The highest BCUT2D eigenvalue weighted by atomic mass is 32.1. The molecule has 0 atom stereocenters. The Labute approximate surface area is 330 Å². The highest BCUT2D eigenvalue weighted by Crippen LogP contribution is 2.49. The molecule has 56 heavy (non-hydrogen) atoms. The maximum absolute atomic E-state index is 5.23. The minimum atomic E-state index is 0.114. The van der Waals surface area contributed by atoms with Crippen LogP contribution in [-0.2, 0) is 10.8 Å². The third-order valence-corrected chi connectivity index (χ3v) is 13.5. The molecule has 1 aliphatic rings. The minimum Gasteiger partial charge on any atom is -0.309 e. The van der Waals surface area contributed by atoms with E-state index in [4.69, 9.17) is 15.0 Å². The van der Waals surface area contributed by atoms with E-state index >= 15 is 0 Å². The van der Waals surface area contributed by atoms with Crippen LogP contribution in [0.15, 0.2) is 146 Å². The number of rotatable bonds is 4. The van der Waals surface area contributed by atoms with E-state index in [-0.39, 0.29) is 10.8 Å². The number of fused-ring (bicyclic) bond motifs is 8. The van der Waals surface area contributed by atoms with Gasteiger partial charge in [0.25, 0.3) is 0 Å². The first-order chi connectivity index (χ1) is 27.2. The van der Waals surface area contributed by atoms with E-state index in [2.05, 4.69) is 160 Å². The first-order valence-electron chi connectivity index (χ1n) is 19.6. The molecule has 3 aromatic heterocycles. The molecular formula is C51H40N4S. The van der Waals surface area contributed by atoms with Crippen molar-refractivity contribution in [3.63, 3.8) is 0 Å².